The van der Waals surface area contributed by atoms with Crippen molar-refractivity contribution in [3.05, 3.63) is 29.6 Å². The van der Waals surface area contributed by atoms with Crippen LogP contribution in [0.4, 0.5) is 22.0 Å². The topological polar surface area (TPSA) is 17.8 Å². The fraction of sp³-hybridized carbons (Fsp3) is 0.462. The molecule has 21 heavy (non-hydrogen) atoms. The molecule has 8 heteroatoms. The summed E-state index contributed by atoms with van der Waals surface area (Å²) in [4.78, 5) is 4.11. The van der Waals surface area contributed by atoms with Crippen molar-refractivity contribution < 1.29 is 22.0 Å². The smallest absolute Gasteiger partial charge is 0.325 e. The lowest BCUT2D eigenvalue weighted by molar-refractivity contribution is -0.135. The zero-order valence-corrected chi connectivity index (χ0v) is 11.6. The number of nitrogens with zero attached hydrogens (tertiary/aromatic N) is 2. The first-order chi connectivity index (χ1) is 9.83. The van der Waals surface area contributed by atoms with Gasteiger partial charge in [-0.25, -0.2) is 13.8 Å². The summed E-state index contributed by atoms with van der Waals surface area (Å²) in [6, 6.07) is 2.24. The molecule has 0 N–H and O–H groups in total. The van der Waals surface area contributed by atoms with Gasteiger partial charge in [0.2, 0.25) is 0 Å². The number of alkyl halides is 4. The van der Waals surface area contributed by atoms with Crippen molar-refractivity contribution in [1.82, 2.24) is 9.55 Å². The monoisotopic (exact) mass is 326 g/mol. The van der Waals surface area contributed by atoms with Gasteiger partial charge in [0.05, 0.1) is 5.52 Å². The Kier molecular flexibility index (Phi) is 4.70. The van der Waals surface area contributed by atoms with E-state index in [0.717, 1.165) is 6.07 Å². The van der Waals surface area contributed by atoms with E-state index in [4.69, 9.17) is 11.6 Å². The number of imidazole rings is 1. The molecule has 1 aromatic heterocycles. The summed E-state index contributed by atoms with van der Waals surface area (Å²) in [5.74, 6) is -1.62. The zero-order chi connectivity index (χ0) is 15.6. The van der Waals surface area contributed by atoms with Crippen molar-refractivity contribution in [3.8, 4) is 0 Å². The third-order valence-electron chi connectivity index (χ3n) is 3.04. The van der Waals surface area contributed by atoms with E-state index in [9.17, 15) is 22.0 Å². The summed E-state index contributed by atoms with van der Waals surface area (Å²) >= 11 is 5.61. The molecule has 0 fully saturated rings. The molecular formula is C13H12ClF5N2. The van der Waals surface area contributed by atoms with Gasteiger partial charge in [0.15, 0.2) is 11.6 Å². The van der Waals surface area contributed by atoms with Crippen molar-refractivity contribution in [3.63, 3.8) is 0 Å². The number of aryl methyl sites for hydroxylation is 2. The average molecular weight is 327 g/mol. The second kappa shape index (κ2) is 6.17. The molecule has 0 saturated heterocycles. The molecule has 0 spiro atoms. The molecule has 116 valence electrons. The summed E-state index contributed by atoms with van der Waals surface area (Å²) in [6.07, 6.45) is -5.25. The first-order valence-electron chi connectivity index (χ1n) is 6.29. The minimum absolute atomic E-state index is 0.0946. The summed E-state index contributed by atoms with van der Waals surface area (Å²) in [7, 11) is 0. The second-order valence-electron chi connectivity index (χ2n) is 4.57. The molecule has 0 radical (unpaired) electrons. The zero-order valence-electron chi connectivity index (χ0n) is 10.9. The highest BCUT2D eigenvalue weighted by molar-refractivity contribution is 6.17. The summed E-state index contributed by atoms with van der Waals surface area (Å²) < 4.78 is 65.1. The lowest BCUT2D eigenvalue weighted by atomic mass is 10.2. The highest BCUT2D eigenvalue weighted by Crippen LogP contribution is 2.25. The van der Waals surface area contributed by atoms with Crippen molar-refractivity contribution in [1.29, 1.82) is 0 Å². The van der Waals surface area contributed by atoms with Crippen LogP contribution in [0.5, 0.6) is 0 Å². The Balaban J connectivity index is 2.38. The molecule has 1 aromatic carbocycles. The van der Waals surface area contributed by atoms with Gasteiger partial charge < -0.3 is 4.57 Å². The summed E-state index contributed by atoms with van der Waals surface area (Å²) in [6.45, 7) is -0.0946. The van der Waals surface area contributed by atoms with Crippen molar-refractivity contribution in [2.24, 2.45) is 0 Å². The Labute approximate surface area is 122 Å². The number of hydrogen-bond acceptors (Lipinski definition) is 1. The van der Waals surface area contributed by atoms with Gasteiger partial charge in [0, 0.05) is 25.3 Å². The quantitative estimate of drug-likeness (QED) is 0.587. The fourth-order valence-corrected chi connectivity index (χ4v) is 2.33. The van der Waals surface area contributed by atoms with Crippen LogP contribution in [0.15, 0.2) is 12.1 Å². The second-order valence-corrected chi connectivity index (χ2v) is 4.94. The van der Waals surface area contributed by atoms with Crippen LogP contribution < -0.4 is 0 Å². The van der Waals surface area contributed by atoms with E-state index in [1.165, 1.54) is 10.6 Å². The first kappa shape index (κ1) is 16.0. The van der Waals surface area contributed by atoms with E-state index in [1.807, 2.05) is 0 Å². The number of hydrogen-bond donors (Lipinski definition) is 0. The predicted octanol–water partition coefficient (Wildman–Crippen LogP) is 4.44. The van der Waals surface area contributed by atoms with Crippen LogP contribution in [0.25, 0.3) is 11.0 Å². The van der Waals surface area contributed by atoms with Crippen LogP contribution in [0, 0.1) is 11.6 Å². The van der Waals surface area contributed by atoms with Gasteiger partial charge in [-0.3, -0.25) is 0 Å². The Bertz CT molecular complexity index is 636. The number of fused-ring (bicyclic) bond motifs is 1. The molecular weight excluding hydrogens is 315 g/mol. The Morgan fingerprint density at radius 3 is 2.52 bits per heavy atom. The van der Waals surface area contributed by atoms with Crippen LogP contribution in [0.2, 0.25) is 0 Å². The van der Waals surface area contributed by atoms with Crippen LogP contribution in [-0.2, 0) is 13.0 Å². The normalized spacial score (nSPS) is 12.3. The van der Waals surface area contributed by atoms with Crippen LogP contribution in [0.3, 0.4) is 0 Å². The molecule has 0 amide bonds. The highest BCUT2D eigenvalue weighted by Gasteiger charge is 2.26. The number of halogens is 6. The highest BCUT2D eigenvalue weighted by atomic mass is 35.5. The molecule has 0 bridgehead atoms. The predicted molar refractivity (Wildman–Crippen MR) is 69.4 cm³/mol. The van der Waals surface area contributed by atoms with Gasteiger partial charge in [-0.1, -0.05) is 0 Å². The Hall–Kier alpha value is -1.37. The minimum Gasteiger partial charge on any atom is -0.325 e. The summed E-state index contributed by atoms with van der Waals surface area (Å²) in [5, 5.41) is 0. The molecule has 2 nitrogen and oxygen atoms in total. The fourth-order valence-electron chi connectivity index (χ4n) is 2.16. The molecule has 0 saturated carbocycles. The van der Waals surface area contributed by atoms with E-state index in [2.05, 4.69) is 4.98 Å². The van der Waals surface area contributed by atoms with E-state index < -0.39 is 24.2 Å². The SMILES string of the molecule is Fc1ccc2nc(CCCl)n(CCCC(F)(F)F)c2c1F. The number of rotatable bonds is 5. The van der Waals surface area contributed by atoms with Gasteiger partial charge in [0.1, 0.15) is 11.3 Å². The Morgan fingerprint density at radius 1 is 1.19 bits per heavy atom. The minimum atomic E-state index is -4.28. The van der Waals surface area contributed by atoms with Crippen LogP contribution in [-0.4, -0.2) is 21.6 Å². The first-order valence-corrected chi connectivity index (χ1v) is 6.83. The van der Waals surface area contributed by atoms with Gasteiger partial charge in [0.25, 0.3) is 0 Å². The lowest BCUT2D eigenvalue weighted by Crippen LogP contribution is -2.11. The van der Waals surface area contributed by atoms with E-state index in [1.54, 1.807) is 0 Å². The standard InChI is InChI=1S/C13H12ClF5N2/c14-6-4-10-20-9-3-2-8(15)11(16)12(9)21(10)7-1-5-13(17,18)19/h2-3H,1,4-7H2. The Morgan fingerprint density at radius 2 is 1.90 bits per heavy atom. The maximum Gasteiger partial charge on any atom is 0.389 e. The van der Waals surface area contributed by atoms with Crippen LogP contribution in [0.1, 0.15) is 18.7 Å². The van der Waals surface area contributed by atoms with Crippen molar-refractivity contribution >= 4 is 22.6 Å². The third kappa shape index (κ3) is 3.64. The molecule has 0 unspecified atom stereocenters. The maximum absolute atomic E-state index is 13.9. The van der Waals surface area contributed by atoms with E-state index >= 15 is 0 Å². The molecule has 1 heterocycles. The van der Waals surface area contributed by atoms with E-state index in [0.29, 0.717) is 5.82 Å². The summed E-state index contributed by atoms with van der Waals surface area (Å²) in [5.41, 5.74) is 0.0957. The molecule has 0 atom stereocenters. The molecule has 2 aromatic rings. The molecule has 2 rings (SSSR count). The largest absolute Gasteiger partial charge is 0.389 e. The van der Waals surface area contributed by atoms with Crippen molar-refractivity contribution in [2.45, 2.75) is 32.0 Å². The van der Waals surface area contributed by atoms with Crippen molar-refractivity contribution in [2.75, 3.05) is 5.88 Å². The maximum atomic E-state index is 13.9. The van der Waals surface area contributed by atoms with Gasteiger partial charge in [-0.2, -0.15) is 13.2 Å². The van der Waals surface area contributed by atoms with Gasteiger partial charge in [-0.05, 0) is 18.6 Å². The average Bonchev–Trinajstić information content (AvgIpc) is 2.72. The van der Waals surface area contributed by atoms with E-state index in [-0.39, 0.29) is 36.3 Å². The molecule has 0 aliphatic rings. The lowest BCUT2D eigenvalue weighted by Gasteiger charge is -2.10. The van der Waals surface area contributed by atoms with Gasteiger partial charge in [-0.15, -0.1) is 11.6 Å². The number of benzene rings is 1. The van der Waals surface area contributed by atoms with Crippen LogP contribution >= 0.6 is 11.6 Å². The molecule has 0 aliphatic heterocycles. The third-order valence-corrected chi connectivity index (χ3v) is 3.23. The van der Waals surface area contributed by atoms with Gasteiger partial charge >= 0.3 is 6.18 Å². The molecule has 0 aliphatic carbocycles. The number of aromatic nitrogens is 2.